The van der Waals surface area contributed by atoms with E-state index in [1.807, 2.05) is 37.3 Å². The lowest BCUT2D eigenvalue weighted by atomic mass is 10.1. The number of anilines is 2. The van der Waals surface area contributed by atoms with Crippen molar-refractivity contribution in [3.05, 3.63) is 82.8 Å². The number of carbonyl (C=O) groups is 1. The van der Waals surface area contributed by atoms with E-state index in [2.05, 4.69) is 26.7 Å². The summed E-state index contributed by atoms with van der Waals surface area (Å²) in [6, 6.07) is 18.7. The Hall–Kier alpha value is -3.72. The van der Waals surface area contributed by atoms with Gasteiger partial charge < -0.3 is 10.6 Å². The molecule has 1 amide bonds. The van der Waals surface area contributed by atoms with Crippen molar-refractivity contribution in [3.63, 3.8) is 0 Å². The van der Waals surface area contributed by atoms with Crippen LogP contribution in [0, 0.1) is 25.2 Å². The normalized spacial score (nSPS) is 10.1. The van der Waals surface area contributed by atoms with Gasteiger partial charge in [0.05, 0.1) is 11.6 Å². The van der Waals surface area contributed by atoms with Crippen molar-refractivity contribution in [2.24, 2.45) is 0 Å². The highest BCUT2D eigenvalue weighted by Crippen LogP contribution is 2.17. The minimum absolute atomic E-state index is 0.269. The summed E-state index contributed by atoms with van der Waals surface area (Å²) >= 11 is 0. The fourth-order valence-electron chi connectivity index (χ4n) is 2.54. The predicted octanol–water partition coefficient (Wildman–Crippen LogP) is 3.64. The third-order valence-electron chi connectivity index (χ3n) is 3.91. The Kier molecular flexibility index (Phi) is 5.43. The lowest BCUT2D eigenvalue weighted by molar-refractivity contribution is 0.0945. The standard InChI is InChI=1S/C21H19N5O/c1-14-6-8-16(9-7-14)13-23-21(27)19-11-20(25-15(2)24-19)26-18-5-3-4-17(10-18)12-22/h3-11H,13H2,1-2H3,(H,23,27)(H,24,25,26). The minimum Gasteiger partial charge on any atom is -0.347 e. The van der Waals surface area contributed by atoms with E-state index < -0.39 is 0 Å². The van der Waals surface area contributed by atoms with Gasteiger partial charge in [-0.25, -0.2) is 9.97 Å². The monoisotopic (exact) mass is 357 g/mol. The molecule has 0 saturated carbocycles. The summed E-state index contributed by atoms with van der Waals surface area (Å²) in [7, 11) is 0. The summed E-state index contributed by atoms with van der Waals surface area (Å²) in [5.41, 5.74) is 3.74. The molecule has 2 N–H and O–H groups in total. The van der Waals surface area contributed by atoms with Crippen LogP contribution in [0.1, 0.15) is 33.0 Å². The molecule has 0 saturated heterocycles. The molecule has 6 nitrogen and oxygen atoms in total. The van der Waals surface area contributed by atoms with Crippen LogP contribution in [0.25, 0.3) is 0 Å². The highest BCUT2D eigenvalue weighted by Gasteiger charge is 2.11. The van der Waals surface area contributed by atoms with Gasteiger partial charge in [0.15, 0.2) is 0 Å². The molecule has 0 atom stereocenters. The number of nitriles is 1. The number of hydrogen-bond donors (Lipinski definition) is 2. The van der Waals surface area contributed by atoms with Gasteiger partial charge in [-0.1, -0.05) is 35.9 Å². The fourth-order valence-corrected chi connectivity index (χ4v) is 2.54. The molecule has 27 heavy (non-hydrogen) atoms. The van der Waals surface area contributed by atoms with Gasteiger partial charge in [-0.3, -0.25) is 4.79 Å². The largest absolute Gasteiger partial charge is 0.347 e. The molecule has 3 aromatic rings. The quantitative estimate of drug-likeness (QED) is 0.727. The van der Waals surface area contributed by atoms with Crippen molar-refractivity contribution < 1.29 is 4.79 Å². The van der Waals surface area contributed by atoms with Crippen LogP contribution in [-0.4, -0.2) is 15.9 Å². The summed E-state index contributed by atoms with van der Waals surface area (Å²) < 4.78 is 0. The van der Waals surface area contributed by atoms with Crippen LogP contribution in [0.4, 0.5) is 11.5 Å². The molecule has 0 aliphatic rings. The van der Waals surface area contributed by atoms with Crippen molar-refractivity contribution in [2.75, 3.05) is 5.32 Å². The second-order valence-corrected chi connectivity index (χ2v) is 6.17. The molecule has 1 heterocycles. The van der Waals surface area contributed by atoms with E-state index in [4.69, 9.17) is 5.26 Å². The first-order valence-corrected chi connectivity index (χ1v) is 8.50. The fraction of sp³-hybridized carbons (Fsp3) is 0.143. The number of nitrogens with zero attached hydrogens (tertiary/aromatic N) is 3. The van der Waals surface area contributed by atoms with Crippen molar-refractivity contribution in [1.82, 2.24) is 15.3 Å². The molecule has 0 spiro atoms. The first-order valence-electron chi connectivity index (χ1n) is 8.50. The molecule has 0 radical (unpaired) electrons. The Balaban J connectivity index is 1.73. The zero-order valence-electron chi connectivity index (χ0n) is 15.2. The molecule has 2 aromatic carbocycles. The van der Waals surface area contributed by atoms with Crippen molar-refractivity contribution >= 4 is 17.4 Å². The molecular weight excluding hydrogens is 338 g/mol. The Morgan fingerprint density at radius 1 is 1.07 bits per heavy atom. The Morgan fingerprint density at radius 2 is 1.85 bits per heavy atom. The van der Waals surface area contributed by atoms with E-state index in [0.717, 1.165) is 11.3 Å². The summed E-state index contributed by atoms with van der Waals surface area (Å²) in [6.07, 6.45) is 0. The van der Waals surface area contributed by atoms with Gasteiger partial charge in [0, 0.05) is 18.3 Å². The number of aromatic nitrogens is 2. The van der Waals surface area contributed by atoms with Gasteiger partial charge in [-0.2, -0.15) is 5.26 Å². The zero-order chi connectivity index (χ0) is 19.2. The number of nitrogens with one attached hydrogen (secondary N) is 2. The number of hydrogen-bond acceptors (Lipinski definition) is 5. The topological polar surface area (TPSA) is 90.7 Å². The number of amides is 1. The van der Waals surface area contributed by atoms with Crippen LogP contribution in [0.15, 0.2) is 54.6 Å². The van der Waals surface area contributed by atoms with E-state index in [0.29, 0.717) is 23.8 Å². The molecule has 0 aliphatic carbocycles. The summed E-state index contributed by atoms with van der Waals surface area (Å²) in [5.74, 6) is 0.713. The lowest BCUT2D eigenvalue weighted by Crippen LogP contribution is -2.24. The summed E-state index contributed by atoms with van der Waals surface area (Å²) in [6.45, 7) is 4.18. The Bertz CT molecular complexity index is 1010. The van der Waals surface area contributed by atoms with Crippen LogP contribution >= 0.6 is 0 Å². The van der Waals surface area contributed by atoms with Gasteiger partial charge >= 0.3 is 0 Å². The Labute approximate surface area is 157 Å². The van der Waals surface area contributed by atoms with Crippen LogP contribution < -0.4 is 10.6 Å². The van der Waals surface area contributed by atoms with Gasteiger partial charge in [0.2, 0.25) is 0 Å². The van der Waals surface area contributed by atoms with Crippen LogP contribution in [-0.2, 0) is 6.54 Å². The maximum absolute atomic E-state index is 12.5. The van der Waals surface area contributed by atoms with Crippen molar-refractivity contribution in [2.45, 2.75) is 20.4 Å². The predicted molar refractivity (Wildman–Crippen MR) is 104 cm³/mol. The van der Waals surface area contributed by atoms with Gasteiger partial charge in [0.1, 0.15) is 17.3 Å². The molecule has 3 rings (SSSR count). The van der Waals surface area contributed by atoms with E-state index in [-0.39, 0.29) is 11.6 Å². The molecule has 134 valence electrons. The molecule has 1 aromatic heterocycles. The number of rotatable bonds is 5. The second kappa shape index (κ2) is 8.11. The highest BCUT2D eigenvalue weighted by molar-refractivity contribution is 5.93. The smallest absolute Gasteiger partial charge is 0.270 e. The van der Waals surface area contributed by atoms with E-state index >= 15 is 0 Å². The average Bonchev–Trinajstić information content (AvgIpc) is 2.67. The third-order valence-corrected chi connectivity index (χ3v) is 3.91. The molecule has 6 heteroatoms. The highest BCUT2D eigenvalue weighted by atomic mass is 16.1. The van der Waals surface area contributed by atoms with Crippen LogP contribution in [0.2, 0.25) is 0 Å². The van der Waals surface area contributed by atoms with Crippen LogP contribution in [0.3, 0.4) is 0 Å². The minimum atomic E-state index is -0.269. The van der Waals surface area contributed by atoms with Crippen molar-refractivity contribution in [1.29, 1.82) is 5.26 Å². The molecular formula is C21H19N5O. The number of carbonyl (C=O) groups excluding carboxylic acids is 1. The number of aryl methyl sites for hydroxylation is 2. The number of benzene rings is 2. The van der Waals surface area contributed by atoms with E-state index in [1.165, 1.54) is 5.56 Å². The maximum atomic E-state index is 12.5. The first kappa shape index (κ1) is 18.1. The van der Waals surface area contributed by atoms with E-state index in [9.17, 15) is 4.79 Å². The molecule has 0 fully saturated rings. The van der Waals surface area contributed by atoms with Gasteiger partial charge in [-0.05, 0) is 37.6 Å². The lowest BCUT2D eigenvalue weighted by Gasteiger charge is -2.10. The molecule has 0 unspecified atom stereocenters. The zero-order valence-corrected chi connectivity index (χ0v) is 15.2. The first-order chi connectivity index (χ1) is 13.0. The second-order valence-electron chi connectivity index (χ2n) is 6.17. The van der Waals surface area contributed by atoms with Gasteiger partial charge in [-0.15, -0.1) is 0 Å². The summed E-state index contributed by atoms with van der Waals surface area (Å²) in [5, 5.41) is 15.0. The SMILES string of the molecule is Cc1ccc(CNC(=O)c2cc(Nc3cccc(C#N)c3)nc(C)n2)cc1. The summed E-state index contributed by atoms with van der Waals surface area (Å²) in [4.78, 5) is 21.0. The maximum Gasteiger partial charge on any atom is 0.270 e. The van der Waals surface area contributed by atoms with Crippen LogP contribution in [0.5, 0.6) is 0 Å². The third kappa shape index (κ3) is 4.89. The van der Waals surface area contributed by atoms with Gasteiger partial charge in [0.25, 0.3) is 5.91 Å². The molecule has 0 aliphatic heterocycles. The van der Waals surface area contributed by atoms with Crippen molar-refractivity contribution in [3.8, 4) is 6.07 Å². The molecule has 0 bridgehead atoms. The average molecular weight is 357 g/mol. The van der Waals surface area contributed by atoms with E-state index in [1.54, 1.807) is 31.2 Å². The Morgan fingerprint density at radius 3 is 2.59 bits per heavy atom.